The van der Waals surface area contributed by atoms with Crippen LogP contribution in [0.25, 0.3) is 0 Å². The summed E-state index contributed by atoms with van der Waals surface area (Å²) in [6.07, 6.45) is 2.99. The number of rotatable bonds is 7. The molecule has 1 aliphatic rings. The number of methoxy groups -OCH3 is 1. The topological polar surface area (TPSA) is 50.4 Å². The number of piperidine rings is 1. The highest BCUT2D eigenvalue weighted by Gasteiger charge is 2.21. The van der Waals surface area contributed by atoms with Crippen LogP contribution in [0, 0.1) is 11.8 Å². The summed E-state index contributed by atoms with van der Waals surface area (Å²) >= 11 is 0. The van der Waals surface area contributed by atoms with Gasteiger partial charge in [0.1, 0.15) is 0 Å². The molecule has 23 heavy (non-hydrogen) atoms. The molecule has 1 aromatic carbocycles. The van der Waals surface area contributed by atoms with E-state index in [1.165, 1.54) is 12.8 Å². The van der Waals surface area contributed by atoms with Gasteiger partial charge in [0.25, 0.3) is 0 Å². The number of nitrogens with one attached hydrogen (secondary N) is 2. The molecule has 1 atom stereocenters. The Morgan fingerprint density at radius 3 is 2.61 bits per heavy atom. The molecular weight excluding hydrogens is 312 g/mol. The molecule has 1 aliphatic heterocycles. The fourth-order valence-electron chi connectivity index (χ4n) is 3.16. The highest BCUT2D eigenvalue weighted by atomic mass is 35.5. The molecule has 1 aromatic rings. The van der Waals surface area contributed by atoms with E-state index in [9.17, 15) is 4.79 Å². The van der Waals surface area contributed by atoms with Gasteiger partial charge < -0.3 is 15.4 Å². The van der Waals surface area contributed by atoms with Gasteiger partial charge in [0.15, 0.2) is 0 Å². The zero-order valence-corrected chi connectivity index (χ0v) is 15.0. The van der Waals surface area contributed by atoms with Gasteiger partial charge >= 0.3 is 0 Å². The van der Waals surface area contributed by atoms with Crippen LogP contribution in [0.1, 0.15) is 37.3 Å². The van der Waals surface area contributed by atoms with Crippen molar-refractivity contribution < 1.29 is 9.53 Å². The lowest BCUT2D eigenvalue weighted by Gasteiger charge is -2.27. The largest absolute Gasteiger partial charge is 0.380 e. The number of halogens is 1. The van der Waals surface area contributed by atoms with E-state index in [1.54, 1.807) is 7.11 Å². The van der Waals surface area contributed by atoms with Gasteiger partial charge in [-0.2, -0.15) is 0 Å². The van der Waals surface area contributed by atoms with Crippen molar-refractivity contribution in [3.8, 4) is 0 Å². The third-order valence-corrected chi connectivity index (χ3v) is 4.59. The van der Waals surface area contributed by atoms with Crippen LogP contribution in [0.3, 0.4) is 0 Å². The minimum atomic E-state index is 0. The smallest absolute Gasteiger partial charge is 0.220 e. The molecule has 0 aromatic heterocycles. The van der Waals surface area contributed by atoms with E-state index in [0.29, 0.717) is 31.4 Å². The van der Waals surface area contributed by atoms with Crippen LogP contribution in [0.15, 0.2) is 24.3 Å². The molecule has 2 rings (SSSR count). The maximum atomic E-state index is 12.2. The highest BCUT2D eigenvalue weighted by Crippen LogP contribution is 2.24. The normalized spacial score (nSPS) is 16.4. The number of hydrogen-bond donors (Lipinski definition) is 2. The Kier molecular flexibility index (Phi) is 9.22. The molecule has 0 saturated carbocycles. The van der Waals surface area contributed by atoms with Gasteiger partial charge in [-0.1, -0.05) is 31.2 Å². The lowest BCUT2D eigenvalue weighted by Crippen LogP contribution is -2.33. The maximum absolute atomic E-state index is 12.2. The average Bonchev–Trinajstić information content (AvgIpc) is 2.55. The molecule has 0 radical (unpaired) electrons. The Balaban J connectivity index is 0.00000264. The molecule has 1 heterocycles. The summed E-state index contributed by atoms with van der Waals surface area (Å²) in [6.45, 7) is 5.53. The Hall–Kier alpha value is -1.10. The average molecular weight is 341 g/mol. The number of benzene rings is 1. The van der Waals surface area contributed by atoms with Crippen molar-refractivity contribution in [1.29, 1.82) is 0 Å². The van der Waals surface area contributed by atoms with Crippen molar-refractivity contribution in [2.45, 2.75) is 39.3 Å². The number of amides is 1. The molecule has 1 unspecified atom stereocenters. The molecule has 0 spiro atoms. The fourth-order valence-corrected chi connectivity index (χ4v) is 3.16. The molecule has 1 fully saturated rings. The van der Waals surface area contributed by atoms with E-state index in [4.69, 9.17) is 4.74 Å². The zero-order valence-electron chi connectivity index (χ0n) is 14.1. The minimum absolute atomic E-state index is 0. The van der Waals surface area contributed by atoms with E-state index >= 15 is 0 Å². The summed E-state index contributed by atoms with van der Waals surface area (Å²) < 4.78 is 5.20. The Bertz CT molecular complexity index is 476. The molecule has 0 aliphatic carbocycles. The number of ether oxygens (including phenoxy) is 1. The Morgan fingerprint density at radius 1 is 1.30 bits per heavy atom. The van der Waals surface area contributed by atoms with E-state index < -0.39 is 0 Å². The molecule has 2 N–H and O–H groups in total. The monoisotopic (exact) mass is 340 g/mol. The van der Waals surface area contributed by atoms with E-state index in [1.807, 2.05) is 24.3 Å². The van der Waals surface area contributed by atoms with Gasteiger partial charge in [0, 0.05) is 20.1 Å². The minimum Gasteiger partial charge on any atom is -0.380 e. The second-order valence-electron chi connectivity index (χ2n) is 6.25. The zero-order chi connectivity index (χ0) is 15.8. The summed E-state index contributed by atoms with van der Waals surface area (Å²) in [7, 11) is 1.69. The van der Waals surface area contributed by atoms with E-state index in [-0.39, 0.29) is 18.3 Å². The van der Waals surface area contributed by atoms with Gasteiger partial charge in [-0.3, -0.25) is 4.79 Å². The second-order valence-corrected chi connectivity index (χ2v) is 6.25. The SMILES string of the molecule is COCc1ccccc1CNC(=O)CC(C)C1CCNCC1.Cl. The third kappa shape index (κ3) is 6.50. The lowest BCUT2D eigenvalue weighted by molar-refractivity contribution is -0.122. The van der Waals surface area contributed by atoms with Crippen LogP contribution < -0.4 is 10.6 Å². The van der Waals surface area contributed by atoms with Crippen molar-refractivity contribution in [1.82, 2.24) is 10.6 Å². The second kappa shape index (κ2) is 10.6. The molecule has 4 nitrogen and oxygen atoms in total. The summed E-state index contributed by atoms with van der Waals surface area (Å²) in [5, 5.41) is 6.43. The fraction of sp³-hybridized carbons (Fsp3) is 0.611. The van der Waals surface area contributed by atoms with Gasteiger partial charge in [0.05, 0.1) is 6.61 Å². The maximum Gasteiger partial charge on any atom is 0.220 e. The summed E-state index contributed by atoms with van der Waals surface area (Å²) in [5.41, 5.74) is 2.27. The molecule has 1 saturated heterocycles. The van der Waals surface area contributed by atoms with Gasteiger partial charge in [-0.25, -0.2) is 0 Å². The number of carbonyl (C=O) groups is 1. The standard InChI is InChI=1S/C18H28N2O2.ClH/c1-14(15-7-9-19-10-8-15)11-18(21)20-12-16-5-3-4-6-17(16)13-22-2;/h3-6,14-15,19H,7-13H2,1-2H3,(H,20,21);1H. The molecule has 130 valence electrons. The highest BCUT2D eigenvalue weighted by molar-refractivity contribution is 5.85. The molecule has 0 bridgehead atoms. The number of carbonyl (C=O) groups excluding carboxylic acids is 1. The van der Waals surface area contributed by atoms with Crippen LogP contribution >= 0.6 is 12.4 Å². The molecular formula is C18H29ClN2O2. The predicted octanol–water partition coefficient (Wildman–Crippen LogP) is 2.90. The predicted molar refractivity (Wildman–Crippen MR) is 95.6 cm³/mol. The first kappa shape index (κ1) is 19.9. The van der Waals surface area contributed by atoms with Crippen LogP contribution in [-0.2, 0) is 22.7 Å². The summed E-state index contributed by atoms with van der Waals surface area (Å²) in [5.74, 6) is 1.28. The third-order valence-electron chi connectivity index (χ3n) is 4.59. The van der Waals surface area contributed by atoms with Crippen LogP contribution in [0.5, 0.6) is 0 Å². The summed E-state index contributed by atoms with van der Waals surface area (Å²) in [6, 6.07) is 8.09. The quantitative estimate of drug-likeness (QED) is 0.802. The van der Waals surface area contributed by atoms with E-state index in [2.05, 4.69) is 17.6 Å². The Labute approximate surface area is 145 Å². The van der Waals surface area contributed by atoms with Gasteiger partial charge in [0.2, 0.25) is 5.91 Å². The molecule has 5 heteroatoms. The van der Waals surface area contributed by atoms with Crippen molar-refractivity contribution in [3.63, 3.8) is 0 Å². The van der Waals surface area contributed by atoms with Crippen molar-refractivity contribution in [2.24, 2.45) is 11.8 Å². The van der Waals surface area contributed by atoms with Crippen LogP contribution in [0.2, 0.25) is 0 Å². The van der Waals surface area contributed by atoms with Crippen LogP contribution in [-0.4, -0.2) is 26.1 Å². The summed E-state index contributed by atoms with van der Waals surface area (Å²) in [4.78, 5) is 12.2. The first-order valence-electron chi connectivity index (χ1n) is 8.24. The van der Waals surface area contributed by atoms with Crippen molar-refractivity contribution in [3.05, 3.63) is 35.4 Å². The lowest BCUT2D eigenvalue weighted by atomic mass is 9.84. The van der Waals surface area contributed by atoms with Gasteiger partial charge in [-0.15, -0.1) is 12.4 Å². The van der Waals surface area contributed by atoms with Crippen molar-refractivity contribution in [2.75, 3.05) is 20.2 Å². The number of hydrogen-bond acceptors (Lipinski definition) is 3. The first-order chi connectivity index (χ1) is 10.7. The van der Waals surface area contributed by atoms with Gasteiger partial charge in [-0.05, 0) is 48.9 Å². The van der Waals surface area contributed by atoms with E-state index in [0.717, 1.165) is 24.2 Å². The first-order valence-corrected chi connectivity index (χ1v) is 8.24. The Morgan fingerprint density at radius 2 is 1.96 bits per heavy atom. The van der Waals surface area contributed by atoms with Crippen molar-refractivity contribution >= 4 is 18.3 Å². The molecule has 1 amide bonds. The van der Waals surface area contributed by atoms with Crippen LogP contribution in [0.4, 0.5) is 0 Å².